The molecule has 2 N–H and O–H groups in total. The number of rotatable bonds is 7. The quantitative estimate of drug-likeness (QED) is 0.758. The summed E-state index contributed by atoms with van der Waals surface area (Å²) in [4.78, 5) is 14.4. The summed E-state index contributed by atoms with van der Waals surface area (Å²) in [6.45, 7) is 6.48. The van der Waals surface area contributed by atoms with Crippen LogP contribution in [0.15, 0.2) is 42.7 Å². The number of benzene rings is 1. The molecule has 1 aromatic heterocycles. The van der Waals surface area contributed by atoms with Gasteiger partial charge in [0.2, 0.25) is 0 Å². The van der Waals surface area contributed by atoms with Crippen LogP contribution in [0.1, 0.15) is 24.5 Å². The largest absolute Gasteiger partial charge is 0.338 e. The summed E-state index contributed by atoms with van der Waals surface area (Å²) in [6, 6.07) is 10.5. The predicted molar refractivity (Wildman–Crippen MR) is 98.3 cm³/mol. The van der Waals surface area contributed by atoms with Gasteiger partial charge >= 0.3 is 6.03 Å². The third-order valence-electron chi connectivity index (χ3n) is 4.54. The van der Waals surface area contributed by atoms with E-state index in [1.54, 1.807) is 6.20 Å². The lowest BCUT2D eigenvalue weighted by atomic mass is 10.00. The highest BCUT2D eigenvalue weighted by Crippen LogP contribution is 2.18. The zero-order valence-corrected chi connectivity index (χ0v) is 14.8. The van der Waals surface area contributed by atoms with Crippen LogP contribution in [0.5, 0.6) is 0 Å². The van der Waals surface area contributed by atoms with E-state index in [2.05, 4.69) is 44.9 Å². The third-order valence-corrected chi connectivity index (χ3v) is 4.54. The molecule has 0 saturated carbocycles. The maximum atomic E-state index is 11.9. The minimum atomic E-state index is -0.108. The fourth-order valence-corrected chi connectivity index (χ4v) is 3.26. The molecule has 0 saturated heterocycles. The first-order valence-corrected chi connectivity index (χ1v) is 9.01. The van der Waals surface area contributed by atoms with Crippen LogP contribution in [0.25, 0.3) is 0 Å². The van der Waals surface area contributed by atoms with E-state index in [9.17, 15) is 4.79 Å². The Morgan fingerprint density at radius 2 is 2.12 bits per heavy atom. The Morgan fingerprint density at radius 1 is 1.28 bits per heavy atom. The molecule has 0 unspecified atom stereocenters. The van der Waals surface area contributed by atoms with Crippen LogP contribution in [0.2, 0.25) is 0 Å². The van der Waals surface area contributed by atoms with Crippen molar-refractivity contribution in [3.05, 3.63) is 53.9 Å². The fraction of sp³-hybridized carbons (Fsp3) is 0.474. The van der Waals surface area contributed by atoms with Crippen molar-refractivity contribution in [1.82, 2.24) is 25.3 Å². The molecule has 1 aromatic carbocycles. The number of carbonyl (C=O) groups is 1. The monoisotopic (exact) mass is 341 g/mol. The van der Waals surface area contributed by atoms with Gasteiger partial charge in [0.15, 0.2) is 0 Å². The van der Waals surface area contributed by atoms with Gasteiger partial charge in [0.1, 0.15) is 0 Å². The van der Waals surface area contributed by atoms with Crippen LogP contribution in [0.4, 0.5) is 4.79 Å². The summed E-state index contributed by atoms with van der Waals surface area (Å²) >= 11 is 0. The molecule has 0 spiro atoms. The predicted octanol–water partition coefficient (Wildman–Crippen LogP) is 2.02. The molecule has 25 heavy (non-hydrogen) atoms. The van der Waals surface area contributed by atoms with Crippen molar-refractivity contribution in [3.8, 4) is 0 Å². The van der Waals surface area contributed by atoms with Crippen molar-refractivity contribution in [2.75, 3.05) is 19.6 Å². The van der Waals surface area contributed by atoms with E-state index < -0.39 is 0 Å². The average Bonchev–Trinajstić information content (AvgIpc) is 3.11. The molecule has 2 aromatic rings. The number of fused-ring (bicyclic) bond motifs is 1. The van der Waals surface area contributed by atoms with Crippen LogP contribution in [0, 0.1) is 0 Å². The average molecular weight is 341 g/mol. The second-order valence-corrected chi connectivity index (χ2v) is 6.68. The molecular formula is C19H27N5O. The summed E-state index contributed by atoms with van der Waals surface area (Å²) in [5.74, 6) is 0. The number of hydrogen-bond donors (Lipinski definition) is 2. The summed E-state index contributed by atoms with van der Waals surface area (Å²) < 4.78 is 1.82. The normalized spacial score (nSPS) is 15.4. The van der Waals surface area contributed by atoms with Gasteiger partial charge < -0.3 is 10.6 Å². The van der Waals surface area contributed by atoms with Crippen molar-refractivity contribution in [2.24, 2.45) is 0 Å². The van der Waals surface area contributed by atoms with E-state index in [1.807, 2.05) is 23.9 Å². The topological polar surface area (TPSA) is 62.2 Å². The Hall–Kier alpha value is -2.34. The lowest BCUT2D eigenvalue weighted by molar-refractivity contribution is 0.231. The molecule has 0 fully saturated rings. The van der Waals surface area contributed by atoms with Gasteiger partial charge in [-0.25, -0.2) is 4.79 Å². The molecule has 0 radical (unpaired) electrons. The molecule has 6 nitrogen and oxygen atoms in total. The first-order chi connectivity index (χ1) is 12.2. The molecule has 1 aliphatic heterocycles. The van der Waals surface area contributed by atoms with Gasteiger partial charge in [0.05, 0.1) is 6.54 Å². The molecular weight excluding hydrogens is 314 g/mol. The third kappa shape index (κ3) is 5.32. The van der Waals surface area contributed by atoms with E-state index in [1.165, 1.54) is 11.1 Å². The zero-order valence-electron chi connectivity index (χ0n) is 14.8. The fourth-order valence-electron chi connectivity index (χ4n) is 3.26. The van der Waals surface area contributed by atoms with E-state index in [4.69, 9.17) is 0 Å². The van der Waals surface area contributed by atoms with E-state index >= 15 is 0 Å². The minimum Gasteiger partial charge on any atom is -0.338 e. The number of hydrogen-bond acceptors (Lipinski definition) is 3. The number of nitrogens with zero attached hydrogens (tertiary/aromatic N) is 3. The number of amides is 2. The highest BCUT2D eigenvalue weighted by Gasteiger charge is 2.15. The van der Waals surface area contributed by atoms with E-state index in [0.717, 1.165) is 32.5 Å². The SMILES string of the molecule is C[C@@H](Cn1cccn1)NC(=O)NCCCN1CCc2ccccc2C1. The molecule has 0 aliphatic carbocycles. The lowest BCUT2D eigenvalue weighted by Crippen LogP contribution is -2.43. The Morgan fingerprint density at radius 3 is 2.92 bits per heavy atom. The molecule has 0 bridgehead atoms. The molecule has 1 aliphatic rings. The van der Waals surface area contributed by atoms with Crippen LogP contribution >= 0.6 is 0 Å². The Kier molecular flexibility index (Phi) is 6.06. The first kappa shape index (κ1) is 17.5. The van der Waals surface area contributed by atoms with Crippen molar-refractivity contribution in [3.63, 3.8) is 0 Å². The van der Waals surface area contributed by atoms with Crippen LogP contribution < -0.4 is 10.6 Å². The van der Waals surface area contributed by atoms with Crippen molar-refractivity contribution in [1.29, 1.82) is 0 Å². The molecule has 3 rings (SSSR count). The summed E-state index contributed by atoms with van der Waals surface area (Å²) in [5.41, 5.74) is 2.91. The molecule has 1 atom stereocenters. The van der Waals surface area contributed by atoms with Gasteiger partial charge in [-0.05, 0) is 37.0 Å². The van der Waals surface area contributed by atoms with Crippen LogP contribution in [-0.4, -0.2) is 46.4 Å². The van der Waals surface area contributed by atoms with Crippen molar-refractivity contribution >= 4 is 6.03 Å². The van der Waals surface area contributed by atoms with Crippen molar-refractivity contribution < 1.29 is 4.79 Å². The number of nitrogens with one attached hydrogen (secondary N) is 2. The second-order valence-electron chi connectivity index (χ2n) is 6.68. The van der Waals surface area contributed by atoms with Gasteiger partial charge in [-0.3, -0.25) is 9.58 Å². The summed E-state index contributed by atoms with van der Waals surface area (Å²) in [7, 11) is 0. The lowest BCUT2D eigenvalue weighted by Gasteiger charge is -2.28. The minimum absolute atomic E-state index is 0.0403. The van der Waals surface area contributed by atoms with E-state index in [0.29, 0.717) is 13.1 Å². The van der Waals surface area contributed by atoms with Crippen LogP contribution in [0.3, 0.4) is 0 Å². The number of urea groups is 1. The Bertz CT molecular complexity index is 670. The highest BCUT2D eigenvalue weighted by molar-refractivity contribution is 5.74. The molecule has 2 heterocycles. The smallest absolute Gasteiger partial charge is 0.315 e. The maximum absolute atomic E-state index is 11.9. The van der Waals surface area contributed by atoms with Gasteiger partial charge in [-0.1, -0.05) is 24.3 Å². The summed E-state index contributed by atoms with van der Waals surface area (Å²) in [5, 5.41) is 10.0. The van der Waals surface area contributed by atoms with Gasteiger partial charge in [-0.15, -0.1) is 0 Å². The molecule has 6 heteroatoms. The number of aromatic nitrogens is 2. The highest BCUT2D eigenvalue weighted by atomic mass is 16.2. The van der Waals surface area contributed by atoms with Gasteiger partial charge in [0, 0.05) is 44.6 Å². The molecule has 134 valence electrons. The van der Waals surface area contributed by atoms with E-state index in [-0.39, 0.29) is 12.1 Å². The Balaban J connectivity index is 1.30. The molecule has 2 amide bonds. The Labute approximate surface area is 149 Å². The standard InChI is InChI=1S/C19H27N5O/c1-16(14-24-12-5-10-21-24)22-19(25)20-9-4-11-23-13-8-17-6-2-3-7-18(17)15-23/h2-3,5-7,10,12,16H,4,8-9,11,13-15H2,1H3,(H2,20,22,25)/t16-/m0/s1. The second kappa shape index (κ2) is 8.67. The van der Waals surface area contributed by atoms with Crippen molar-refractivity contribution in [2.45, 2.75) is 38.9 Å². The van der Waals surface area contributed by atoms with Gasteiger partial charge in [-0.2, -0.15) is 5.10 Å². The first-order valence-electron chi connectivity index (χ1n) is 9.01. The zero-order chi connectivity index (χ0) is 17.5. The van der Waals surface area contributed by atoms with Gasteiger partial charge in [0.25, 0.3) is 0 Å². The maximum Gasteiger partial charge on any atom is 0.315 e. The summed E-state index contributed by atoms with van der Waals surface area (Å²) in [6.07, 6.45) is 5.72. The number of carbonyl (C=O) groups excluding carboxylic acids is 1. The van der Waals surface area contributed by atoms with Crippen LogP contribution in [-0.2, 0) is 19.5 Å².